The highest BCUT2D eigenvalue weighted by molar-refractivity contribution is 5.48. The molecule has 2 aromatic carbocycles. The van der Waals surface area contributed by atoms with Crippen molar-refractivity contribution in [1.82, 2.24) is 10.2 Å². The van der Waals surface area contributed by atoms with Gasteiger partial charge in [0.15, 0.2) is 0 Å². The number of likely N-dealkylation sites (tertiary alicyclic amines) is 1. The van der Waals surface area contributed by atoms with Crippen molar-refractivity contribution in [3.63, 3.8) is 0 Å². The standard InChI is InChI=1S/C34H42F3N3O/c1-3-5-25(6-4-2)24-39-19-15-28(16-20-39)38-33-14-7-26-23-31(12-13-32(26)33)41-30-17-21-40(22-18-30)29-10-8-27(9-11-29)34(35,36)37/h3-6,8-13,23,28,30,33,38H,1,7,14-22,24H2,2H3/b6-4-,25-5+. The first-order chi connectivity index (χ1) is 19.8. The number of rotatable bonds is 9. The molecule has 0 saturated carbocycles. The molecule has 5 rings (SSSR count). The van der Waals surface area contributed by atoms with Gasteiger partial charge in [0.2, 0.25) is 0 Å². The second-order valence-corrected chi connectivity index (χ2v) is 11.5. The van der Waals surface area contributed by atoms with E-state index in [1.54, 1.807) is 12.1 Å². The summed E-state index contributed by atoms with van der Waals surface area (Å²) in [5, 5.41) is 3.95. The molecule has 2 aliphatic heterocycles. The minimum Gasteiger partial charge on any atom is -0.490 e. The van der Waals surface area contributed by atoms with Gasteiger partial charge in [-0.1, -0.05) is 36.9 Å². The number of halogens is 3. The molecule has 1 N–H and O–H groups in total. The number of alkyl halides is 3. The fourth-order valence-corrected chi connectivity index (χ4v) is 6.45. The summed E-state index contributed by atoms with van der Waals surface area (Å²) < 4.78 is 45.0. The van der Waals surface area contributed by atoms with Gasteiger partial charge in [-0.25, -0.2) is 0 Å². The molecule has 1 unspecified atom stereocenters. The lowest BCUT2D eigenvalue weighted by Gasteiger charge is -2.34. The summed E-state index contributed by atoms with van der Waals surface area (Å²) in [4.78, 5) is 4.68. The number of anilines is 1. The number of ether oxygens (including phenoxy) is 1. The summed E-state index contributed by atoms with van der Waals surface area (Å²) in [7, 11) is 0. The van der Waals surface area contributed by atoms with Gasteiger partial charge in [-0.2, -0.15) is 13.2 Å². The van der Waals surface area contributed by atoms with Crippen molar-refractivity contribution in [1.29, 1.82) is 0 Å². The predicted molar refractivity (Wildman–Crippen MR) is 161 cm³/mol. The van der Waals surface area contributed by atoms with Gasteiger partial charge in [0.05, 0.1) is 5.56 Å². The summed E-state index contributed by atoms with van der Waals surface area (Å²) in [6, 6.07) is 13.0. The Morgan fingerprint density at radius 1 is 1.00 bits per heavy atom. The quantitative estimate of drug-likeness (QED) is 0.319. The van der Waals surface area contributed by atoms with Crippen LogP contribution in [0.3, 0.4) is 0 Å². The Labute approximate surface area is 242 Å². The third-order valence-electron chi connectivity index (χ3n) is 8.64. The van der Waals surface area contributed by atoms with Crippen LogP contribution in [0.4, 0.5) is 18.9 Å². The van der Waals surface area contributed by atoms with Crippen molar-refractivity contribution in [3.05, 3.63) is 95.6 Å². The molecule has 1 aliphatic carbocycles. The van der Waals surface area contributed by atoms with Crippen LogP contribution in [0.25, 0.3) is 0 Å². The van der Waals surface area contributed by atoms with E-state index >= 15 is 0 Å². The van der Waals surface area contributed by atoms with E-state index < -0.39 is 11.7 Å². The van der Waals surface area contributed by atoms with Crippen LogP contribution < -0.4 is 15.0 Å². The SMILES string of the molecule is C=C/C=C(\C=C/C)CN1CCC(NC2CCc3cc(OC4CCN(c5ccc(C(F)(F)F)cc5)CC4)ccc32)CC1. The van der Waals surface area contributed by atoms with Gasteiger partial charge in [0.25, 0.3) is 0 Å². The highest BCUT2D eigenvalue weighted by Crippen LogP contribution is 2.36. The molecule has 0 radical (unpaired) electrons. The van der Waals surface area contributed by atoms with Crippen molar-refractivity contribution in [2.75, 3.05) is 37.6 Å². The van der Waals surface area contributed by atoms with Crippen LogP contribution in [0.1, 0.15) is 61.8 Å². The number of hydrogen-bond acceptors (Lipinski definition) is 4. The third kappa shape index (κ3) is 7.63. The summed E-state index contributed by atoms with van der Waals surface area (Å²) in [6.45, 7) is 10.6. The first kappa shape index (κ1) is 29.5. The Kier molecular flexibility index (Phi) is 9.56. The lowest BCUT2D eigenvalue weighted by Crippen LogP contribution is -2.43. The smallest absolute Gasteiger partial charge is 0.416 e. The number of benzene rings is 2. The molecule has 0 amide bonds. The van der Waals surface area contributed by atoms with Gasteiger partial charge in [-0.3, -0.25) is 4.90 Å². The van der Waals surface area contributed by atoms with Crippen molar-refractivity contribution in [2.24, 2.45) is 0 Å². The monoisotopic (exact) mass is 565 g/mol. The maximum absolute atomic E-state index is 12.9. The van der Waals surface area contributed by atoms with Crippen LogP contribution in [0.2, 0.25) is 0 Å². The summed E-state index contributed by atoms with van der Waals surface area (Å²) in [6.07, 6.45) is 10.3. The largest absolute Gasteiger partial charge is 0.490 e. The zero-order chi connectivity index (χ0) is 28.8. The molecule has 2 fully saturated rings. The molecule has 220 valence electrons. The number of nitrogens with one attached hydrogen (secondary N) is 1. The van der Waals surface area contributed by atoms with E-state index in [9.17, 15) is 13.2 Å². The highest BCUT2D eigenvalue weighted by Gasteiger charge is 2.31. The van der Waals surface area contributed by atoms with Crippen LogP contribution in [-0.2, 0) is 12.6 Å². The minimum absolute atomic E-state index is 0.119. The summed E-state index contributed by atoms with van der Waals surface area (Å²) >= 11 is 0. The molecule has 0 aromatic heterocycles. The van der Waals surface area contributed by atoms with Gasteiger partial charge in [-0.15, -0.1) is 0 Å². The van der Waals surface area contributed by atoms with Crippen molar-refractivity contribution >= 4 is 5.69 Å². The van der Waals surface area contributed by atoms with E-state index in [1.807, 2.05) is 6.08 Å². The van der Waals surface area contributed by atoms with Gasteiger partial charge in [0.1, 0.15) is 11.9 Å². The maximum atomic E-state index is 12.9. The molecule has 7 heteroatoms. The second-order valence-electron chi connectivity index (χ2n) is 11.5. The van der Waals surface area contributed by atoms with E-state index in [0.717, 1.165) is 94.8 Å². The van der Waals surface area contributed by atoms with E-state index in [1.165, 1.54) is 16.7 Å². The molecule has 3 aliphatic rings. The van der Waals surface area contributed by atoms with Gasteiger partial charge < -0.3 is 15.0 Å². The zero-order valence-corrected chi connectivity index (χ0v) is 24.0. The first-order valence-corrected chi connectivity index (χ1v) is 15.0. The molecule has 2 heterocycles. The molecule has 0 bridgehead atoms. The Morgan fingerprint density at radius 3 is 2.39 bits per heavy atom. The van der Waals surface area contributed by atoms with Crippen molar-refractivity contribution in [2.45, 2.75) is 69.8 Å². The van der Waals surface area contributed by atoms with Crippen LogP contribution in [0.15, 0.2) is 78.9 Å². The lowest BCUT2D eigenvalue weighted by molar-refractivity contribution is -0.137. The topological polar surface area (TPSA) is 27.7 Å². The minimum atomic E-state index is -4.30. The number of fused-ring (bicyclic) bond motifs is 1. The van der Waals surface area contributed by atoms with Crippen molar-refractivity contribution in [3.8, 4) is 5.75 Å². The number of hydrogen-bond donors (Lipinski definition) is 1. The average Bonchev–Trinajstić information content (AvgIpc) is 3.36. The van der Waals surface area contributed by atoms with Gasteiger partial charge >= 0.3 is 6.18 Å². The number of piperidine rings is 2. The van der Waals surface area contributed by atoms with Crippen LogP contribution in [-0.4, -0.2) is 49.8 Å². The Hall–Kier alpha value is -3.03. The van der Waals surface area contributed by atoms with E-state index in [2.05, 4.69) is 65.0 Å². The van der Waals surface area contributed by atoms with E-state index in [0.29, 0.717) is 12.1 Å². The van der Waals surface area contributed by atoms with Crippen molar-refractivity contribution < 1.29 is 17.9 Å². The Bertz CT molecular complexity index is 1220. The maximum Gasteiger partial charge on any atom is 0.416 e. The molecule has 2 aromatic rings. The lowest BCUT2D eigenvalue weighted by atomic mass is 10.0. The van der Waals surface area contributed by atoms with Crippen LogP contribution >= 0.6 is 0 Å². The fourth-order valence-electron chi connectivity index (χ4n) is 6.45. The normalized spacial score (nSPS) is 21.4. The first-order valence-electron chi connectivity index (χ1n) is 15.0. The number of aryl methyl sites for hydroxylation is 1. The molecule has 41 heavy (non-hydrogen) atoms. The Balaban J connectivity index is 1.08. The van der Waals surface area contributed by atoms with Crippen LogP contribution in [0.5, 0.6) is 5.75 Å². The molecule has 1 atom stereocenters. The predicted octanol–water partition coefficient (Wildman–Crippen LogP) is 7.48. The third-order valence-corrected chi connectivity index (χ3v) is 8.64. The molecular formula is C34H42F3N3O. The molecule has 4 nitrogen and oxygen atoms in total. The second kappa shape index (κ2) is 13.3. The Morgan fingerprint density at radius 2 is 1.73 bits per heavy atom. The number of nitrogens with zero attached hydrogens (tertiary/aromatic N) is 2. The average molecular weight is 566 g/mol. The van der Waals surface area contributed by atoms with E-state index in [4.69, 9.17) is 4.74 Å². The molecule has 2 saturated heterocycles. The van der Waals surface area contributed by atoms with Gasteiger partial charge in [-0.05, 0) is 98.8 Å². The van der Waals surface area contributed by atoms with Gasteiger partial charge in [0, 0.05) is 50.2 Å². The van der Waals surface area contributed by atoms with E-state index in [-0.39, 0.29) is 6.10 Å². The fraction of sp³-hybridized carbons (Fsp3) is 0.471. The summed E-state index contributed by atoms with van der Waals surface area (Å²) in [5.41, 5.74) is 4.32. The summed E-state index contributed by atoms with van der Waals surface area (Å²) in [5.74, 6) is 0.926. The zero-order valence-electron chi connectivity index (χ0n) is 24.0. The van der Waals surface area contributed by atoms with Crippen LogP contribution in [0, 0.1) is 0 Å². The number of allylic oxidation sites excluding steroid dienone is 3. The molecular weight excluding hydrogens is 523 g/mol. The highest BCUT2D eigenvalue weighted by atomic mass is 19.4. The molecule has 0 spiro atoms.